The number of rotatable bonds is 14. The number of amides is 2. The Balaban J connectivity index is 0.000000181. The molecule has 3 saturated heterocycles. The number of nitrogens with two attached hydrogens (primary N) is 2. The summed E-state index contributed by atoms with van der Waals surface area (Å²) in [6.45, 7) is 13.0. The van der Waals surface area contributed by atoms with Gasteiger partial charge < -0.3 is 76.0 Å². The molecule has 6 aromatic carbocycles. The van der Waals surface area contributed by atoms with E-state index in [4.69, 9.17) is 47.6 Å². The lowest BCUT2D eigenvalue weighted by Crippen LogP contribution is -2.40. The van der Waals surface area contributed by atoms with Crippen LogP contribution >= 0.6 is 27.5 Å². The molecule has 0 unspecified atom stereocenters. The molecule has 4 aliphatic rings. The van der Waals surface area contributed by atoms with Gasteiger partial charge in [-0.25, -0.2) is 9.78 Å². The highest BCUT2D eigenvalue weighted by Gasteiger charge is 2.37. The van der Waals surface area contributed by atoms with Crippen LogP contribution in [0, 0.1) is 20.8 Å². The number of carbonyl (C=O) groups is 3. The Morgan fingerprint density at radius 3 is 1.27 bits per heavy atom. The van der Waals surface area contributed by atoms with Crippen LogP contribution in [-0.4, -0.2) is 126 Å². The van der Waals surface area contributed by atoms with Crippen LogP contribution in [0.25, 0.3) is 33.4 Å². The number of pyridine rings is 4. The van der Waals surface area contributed by atoms with Gasteiger partial charge in [0.05, 0.1) is 67.6 Å². The fraction of sp³-hybridized carbons (Fsp3) is 0.289. The van der Waals surface area contributed by atoms with E-state index in [9.17, 15) is 68.3 Å². The van der Waals surface area contributed by atoms with Gasteiger partial charge in [-0.05, 0) is 174 Å². The summed E-state index contributed by atoms with van der Waals surface area (Å²) in [4.78, 5) is 84.1. The van der Waals surface area contributed by atoms with E-state index in [-0.39, 0.29) is 74.0 Å². The molecule has 0 bridgehead atoms. The van der Waals surface area contributed by atoms with E-state index in [0.29, 0.717) is 100 Å². The smallest absolute Gasteiger partial charge is 0.416 e. The summed E-state index contributed by atoms with van der Waals surface area (Å²) in [5.41, 5.74) is 25.1. The van der Waals surface area contributed by atoms with Crippen molar-refractivity contribution < 1.29 is 78.4 Å². The number of halogens is 11. The number of anilines is 8. The van der Waals surface area contributed by atoms with Crippen molar-refractivity contribution in [1.82, 2.24) is 30.4 Å². The van der Waals surface area contributed by atoms with E-state index in [1.807, 2.05) is 91.4 Å². The van der Waals surface area contributed by atoms with Gasteiger partial charge in [0.2, 0.25) is 0 Å². The van der Waals surface area contributed by atoms with Crippen molar-refractivity contribution in [2.75, 3.05) is 121 Å². The Labute approximate surface area is 696 Å². The second kappa shape index (κ2) is 40.4. The predicted octanol–water partition coefficient (Wildman–Crippen LogP) is 14.5. The number of carboxylic acids is 1. The van der Waals surface area contributed by atoms with E-state index in [1.165, 1.54) is 33.4 Å². The molecule has 37 heteroatoms. The quantitative estimate of drug-likeness (QED) is 0.0277. The van der Waals surface area contributed by atoms with E-state index in [2.05, 4.69) is 47.4 Å². The molecule has 120 heavy (non-hydrogen) atoms. The van der Waals surface area contributed by atoms with Gasteiger partial charge in [0.1, 0.15) is 17.1 Å². The number of carboxylic acid groups (broad SMARTS) is 1. The lowest BCUT2D eigenvalue weighted by Gasteiger charge is -2.29. The van der Waals surface area contributed by atoms with Crippen molar-refractivity contribution in [2.45, 2.75) is 57.1 Å². The molecule has 0 radical (unpaired) electrons. The molecule has 0 saturated carbocycles. The number of ether oxygens (including phenoxy) is 3. The minimum absolute atomic E-state index is 0. The minimum Gasteiger partial charge on any atom is -0.478 e. The number of fused-ring (bicyclic) bond motifs is 1. The maximum atomic E-state index is 13.4. The van der Waals surface area contributed by atoms with Crippen LogP contribution in [0.15, 0.2) is 179 Å². The maximum Gasteiger partial charge on any atom is 0.416 e. The first kappa shape index (κ1) is 92.3. The van der Waals surface area contributed by atoms with Crippen LogP contribution in [0.5, 0.6) is 0 Å². The number of morpholine rings is 3. The molecule has 0 aliphatic carbocycles. The summed E-state index contributed by atoms with van der Waals surface area (Å²) in [6, 6.07) is 35.2. The first-order valence-corrected chi connectivity index (χ1v) is 38.5. The molecule has 2 amide bonds. The van der Waals surface area contributed by atoms with E-state index >= 15 is 0 Å². The lowest BCUT2D eigenvalue weighted by molar-refractivity contribution is -0.139. The standard InChI is InChI=1S/C26H25ClF3N3O3.C26H27F3N4O3.C17H21N3O2.C9H6BrF3O2.C5H6N4O.H3N/c1-16-3-6-20(31-24(34)17-4-5-18(14-27)22(11-17)26(28,29)30)13-21(16)19-12-23(25(35)32(2)15-19)33-7-9-36-10-8-33;1-16-3-6-20(31-24(34)17-4-5-18(14-30)22(11-17)26(27,28)29)13-21(16)19-12-23(25(35)32(2)15-19)33-7-9-36-10-8-33;1-12-3-4-14(18)10-15(12)13-9-16(17(21)19(2)11-13)20-5-7-22-8-6-20;10-4-6-2-1-5(8(14)15)3-7(6)9(11,12)13;10-9-5-4(7-8-9)2-1-3-6-5;/h3-6,11-13,15H,7-10,14H2,1-2H3,(H,31,34);3-6,11-13,15H,7-10,14,30H2,1-2H3,(H,31,34);3-4,9-11H,5-8,18H2,1-2H3;1-3H,4H2,(H,14,15);1-3,7-8,10H;1H3. The Hall–Kier alpha value is -11.6. The summed E-state index contributed by atoms with van der Waals surface area (Å²) in [7, 11) is 5.15. The number of hydrogen-bond acceptors (Lipinski definition) is 20. The van der Waals surface area contributed by atoms with Gasteiger partial charge in [-0.15, -0.1) is 22.3 Å². The fourth-order valence-corrected chi connectivity index (χ4v) is 13.9. The van der Waals surface area contributed by atoms with Crippen molar-refractivity contribution in [2.24, 2.45) is 26.9 Å². The number of aryl methyl sites for hydroxylation is 6. The average molecular weight is 1760 g/mol. The van der Waals surface area contributed by atoms with Crippen LogP contribution in [0.3, 0.4) is 0 Å². The van der Waals surface area contributed by atoms with Crippen molar-refractivity contribution in [3.63, 3.8) is 0 Å². The normalized spacial score (nSPS) is 13.9. The third kappa shape index (κ3) is 23.1. The number of nitrogen functional groups attached to an aromatic ring is 1. The van der Waals surface area contributed by atoms with Gasteiger partial charge in [0.25, 0.3) is 28.5 Å². The van der Waals surface area contributed by atoms with Crippen LogP contribution in [0.1, 0.15) is 81.1 Å². The number of hydrazine groups is 2. The summed E-state index contributed by atoms with van der Waals surface area (Å²) in [6.07, 6.45) is -6.86. The summed E-state index contributed by atoms with van der Waals surface area (Å²) < 4.78 is 139. The second-order valence-corrected chi connectivity index (χ2v) is 28.6. The SMILES string of the molecule is Cc1ccc(N)cc1-c1cc(N2CCOCC2)c(=O)n(C)c1.Cc1ccc(NC(=O)c2ccc(CCl)c(C(F)(F)F)c2)cc1-c1cc(N2CCOCC2)c(=O)n(C)c1.Cc1ccc(NC(=O)c2ccc(CN)c(C(F)(F)F)c2)cc1-c1cc(N2CCOCC2)c(=O)n(C)c1.N.O=C(O)c1ccc(CBr)c(C(F)(F)F)c1.ON1NNc2cccnc21. The van der Waals surface area contributed by atoms with Gasteiger partial charge in [-0.3, -0.25) is 34.6 Å². The second-order valence-electron chi connectivity index (χ2n) is 27.7. The van der Waals surface area contributed by atoms with Crippen LogP contribution in [-0.2, 0) is 71.6 Å². The molecule has 0 spiro atoms. The van der Waals surface area contributed by atoms with Gasteiger partial charge in [0, 0.05) is 148 Å². The largest absolute Gasteiger partial charge is 0.478 e. The van der Waals surface area contributed by atoms with E-state index in [0.717, 1.165) is 110 Å². The van der Waals surface area contributed by atoms with Crippen LogP contribution in [0.4, 0.5) is 85.1 Å². The van der Waals surface area contributed by atoms with Crippen molar-refractivity contribution in [1.29, 1.82) is 0 Å². The highest BCUT2D eigenvalue weighted by molar-refractivity contribution is 9.08. The van der Waals surface area contributed by atoms with Crippen LogP contribution < -0.4 is 75.8 Å². The van der Waals surface area contributed by atoms with Crippen molar-refractivity contribution in [3.8, 4) is 33.4 Å². The van der Waals surface area contributed by atoms with Crippen molar-refractivity contribution >= 4 is 90.9 Å². The lowest BCUT2D eigenvalue weighted by atomic mass is 10.00. The van der Waals surface area contributed by atoms with Gasteiger partial charge >= 0.3 is 24.5 Å². The molecule has 4 aromatic heterocycles. The Morgan fingerprint density at radius 2 is 0.892 bits per heavy atom. The number of aromatic carboxylic acids is 1. The van der Waals surface area contributed by atoms with Crippen molar-refractivity contribution in [3.05, 3.63) is 262 Å². The monoisotopic (exact) mass is 1760 g/mol. The van der Waals surface area contributed by atoms with Crippen LogP contribution in [0.2, 0.25) is 0 Å². The van der Waals surface area contributed by atoms with E-state index < -0.39 is 53.0 Å². The highest BCUT2D eigenvalue weighted by atomic mass is 79.9. The number of nitrogens with zero attached hydrogens (tertiary/aromatic N) is 8. The molecule has 8 heterocycles. The zero-order chi connectivity index (χ0) is 86.4. The zero-order valence-electron chi connectivity index (χ0n) is 65.9. The molecular weight excluding hydrogens is 1670 g/mol. The Morgan fingerprint density at radius 1 is 0.525 bits per heavy atom. The third-order valence-corrected chi connectivity index (χ3v) is 20.4. The maximum absolute atomic E-state index is 13.4. The molecule has 13 N–H and O–H groups in total. The minimum atomic E-state index is -4.63. The molecular formula is C83H88BrClF9N15O11. The summed E-state index contributed by atoms with van der Waals surface area (Å²) in [5, 5.41) is 23.8. The molecule has 10 aromatic rings. The average Bonchev–Trinajstić information content (AvgIpc) is 1.11. The molecule has 26 nitrogen and oxygen atoms in total. The number of carbonyl (C=O) groups excluding carboxylic acids is 2. The first-order chi connectivity index (χ1) is 56.5. The topological polar surface area (TPSA) is 346 Å². The van der Waals surface area contributed by atoms with Gasteiger partial charge in [-0.2, -0.15) is 39.5 Å². The number of nitrogens with one attached hydrogen (secondary N) is 4. The Kier molecular flexibility index (Phi) is 31.1. The molecule has 4 aliphatic heterocycles. The highest BCUT2D eigenvalue weighted by Crippen LogP contribution is 2.38. The number of benzene rings is 6. The fourth-order valence-electron chi connectivity index (χ4n) is 13.2. The van der Waals surface area contributed by atoms with E-state index in [1.54, 1.807) is 74.6 Å². The van der Waals surface area contributed by atoms with Gasteiger partial charge in [0.15, 0.2) is 5.82 Å². The van der Waals surface area contributed by atoms with Gasteiger partial charge in [-0.1, -0.05) is 52.3 Å². The summed E-state index contributed by atoms with van der Waals surface area (Å²) in [5.74, 6) is -2.55. The summed E-state index contributed by atoms with van der Waals surface area (Å²) >= 11 is 8.56. The number of aromatic nitrogens is 4. The molecule has 638 valence electrons. The third-order valence-electron chi connectivity index (χ3n) is 19.5. The number of hydrogen-bond donors (Lipinski definition) is 9. The Bertz CT molecular complexity index is 5330. The predicted molar refractivity (Wildman–Crippen MR) is 447 cm³/mol. The molecule has 14 rings (SSSR count). The first-order valence-electron chi connectivity index (χ1n) is 36.9. The zero-order valence-corrected chi connectivity index (χ0v) is 68.2. The molecule has 0 atom stereocenters. The molecule has 3 fully saturated rings. The number of alkyl halides is 11.